The SMILES string of the molecule is CC.CCSCC1CCN(CCC(C)C)CC1. The van der Waals surface area contributed by atoms with Crippen LogP contribution >= 0.6 is 11.8 Å². The van der Waals surface area contributed by atoms with E-state index in [2.05, 4.69) is 37.4 Å². The molecule has 0 aromatic rings. The zero-order valence-corrected chi connectivity index (χ0v) is 13.5. The molecule has 1 nitrogen and oxygen atoms in total. The third kappa shape index (κ3) is 8.96. The summed E-state index contributed by atoms with van der Waals surface area (Å²) in [7, 11) is 0. The van der Waals surface area contributed by atoms with Gasteiger partial charge in [-0.1, -0.05) is 34.6 Å². The highest BCUT2D eigenvalue weighted by Gasteiger charge is 2.18. The molecule has 0 bridgehead atoms. The minimum absolute atomic E-state index is 0.860. The van der Waals surface area contributed by atoms with E-state index >= 15 is 0 Å². The fourth-order valence-corrected chi connectivity index (χ4v) is 3.00. The fourth-order valence-electron chi connectivity index (χ4n) is 2.10. The van der Waals surface area contributed by atoms with E-state index in [9.17, 15) is 0 Å². The number of hydrogen-bond acceptors (Lipinski definition) is 2. The van der Waals surface area contributed by atoms with Crippen LogP contribution < -0.4 is 0 Å². The molecule has 0 amide bonds. The zero-order chi connectivity index (χ0) is 13.1. The van der Waals surface area contributed by atoms with Crippen molar-refractivity contribution in [2.45, 2.75) is 53.9 Å². The number of hydrogen-bond donors (Lipinski definition) is 0. The molecule has 0 spiro atoms. The number of piperidine rings is 1. The Hall–Kier alpha value is 0.310. The molecular formula is C15H33NS. The van der Waals surface area contributed by atoms with E-state index in [1.54, 1.807) is 0 Å². The van der Waals surface area contributed by atoms with Gasteiger partial charge in [-0.15, -0.1) is 0 Å². The van der Waals surface area contributed by atoms with Crippen LogP contribution in [0, 0.1) is 11.8 Å². The van der Waals surface area contributed by atoms with Crippen LogP contribution in [0.15, 0.2) is 0 Å². The summed E-state index contributed by atoms with van der Waals surface area (Å²) in [6, 6.07) is 0. The minimum Gasteiger partial charge on any atom is -0.303 e. The summed E-state index contributed by atoms with van der Waals surface area (Å²) in [6.45, 7) is 14.9. The molecule has 1 saturated heterocycles. The second-order valence-corrected chi connectivity index (χ2v) is 6.45. The monoisotopic (exact) mass is 259 g/mol. The lowest BCUT2D eigenvalue weighted by Gasteiger charge is -2.32. The van der Waals surface area contributed by atoms with Gasteiger partial charge in [-0.05, 0) is 62.2 Å². The Morgan fingerprint density at radius 2 is 1.76 bits per heavy atom. The van der Waals surface area contributed by atoms with Crippen LogP contribution in [-0.4, -0.2) is 36.0 Å². The topological polar surface area (TPSA) is 3.24 Å². The molecule has 0 aromatic heterocycles. The van der Waals surface area contributed by atoms with E-state index in [0.29, 0.717) is 0 Å². The molecule has 17 heavy (non-hydrogen) atoms. The molecule has 1 heterocycles. The molecule has 1 aliphatic rings. The van der Waals surface area contributed by atoms with Crippen LogP contribution in [0.2, 0.25) is 0 Å². The van der Waals surface area contributed by atoms with Crippen LogP contribution in [0.1, 0.15) is 53.9 Å². The van der Waals surface area contributed by atoms with E-state index in [1.165, 1.54) is 50.4 Å². The maximum atomic E-state index is 2.66. The van der Waals surface area contributed by atoms with E-state index < -0.39 is 0 Å². The van der Waals surface area contributed by atoms with E-state index in [-0.39, 0.29) is 0 Å². The van der Waals surface area contributed by atoms with Gasteiger partial charge in [0.2, 0.25) is 0 Å². The third-order valence-electron chi connectivity index (χ3n) is 3.29. The first-order valence-corrected chi connectivity index (χ1v) is 8.68. The molecule has 104 valence electrons. The molecule has 0 aliphatic carbocycles. The predicted octanol–water partition coefficient (Wildman–Crippen LogP) is 4.52. The van der Waals surface area contributed by atoms with Gasteiger partial charge in [-0.2, -0.15) is 11.8 Å². The molecule has 1 rings (SSSR count). The maximum absolute atomic E-state index is 2.66. The Morgan fingerprint density at radius 1 is 1.18 bits per heavy atom. The van der Waals surface area contributed by atoms with Crippen molar-refractivity contribution in [3.8, 4) is 0 Å². The largest absolute Gasteiger partial charge is 0.303 e. The number of rotatable bonds is 6. The molecule has 0 unspecified atom stereocenters. The highest BCUT2D eigenvalue weighted by Crippen LogP contribution is 2.21. The normalized spacial score (nSPS) is 18.0. The number of likely N-dealkylation sites (tertiary alicyclic amines) is 1. The molecule has 0 saturated carbocycles. The summed E-state index contributed by atoms with van der Waals surface area (Å²) in [5, 5.41) is 0. The quantitative estimate of drug-likeness (QED) is 0.690. The Balaban J connectivity index is 0.00000121. The van der Waals surface area contributed by atoms with Gasteiger partial charge < -0.3 is 4.90 Å². The van der Waals surface area contributed by atoms with Gasteiger partial charge in [0, 0.05) is 0 Å². The van der Waals surface area contributed by atoms with Gasteiger partial charge in [0.25, 0.3) is 0 Å². The smallest absolute Gasteiger partial charge is 0.00158 e. The average Bonchev–Trinajstić information content (AvgIpc) is 2.37. The Kier molecular flexibility index (Phi) is 11.6. The van der Waals surface area contributed by atoms with E-state index in [4.69, 9.17) is 0 Å². The van der Waals surface area contributed by atoms with Crippen LogP contribution in [0.25, 0.3) is 0 Å². The second kappa shape index (κ2) is 11.4. The van der Waals surface area contributed by atoms with Crippen molar-refractivity contribution in [1.29, 1.82) is 0 Å². The standard InChI is InChI=1S/C13H27NS.C2H6/c1-4-15-11-13-6-9-14(10-7-13)8-5-12(2)3;1-2/h12-13H,4-11H2,1-3H3;1-2H3. The second-order valence-electron chi connectivity index (χ2n) is 5.13. The van der Waals surface area contributed by atoms with Gasteiger partial charge in [-0.25, -0.2) is 0 Å². The first-order chi connectivity index (χ1) is 8.22. The summed E-state index contributed by atoms with van der Waals surface area (Å²) in [4.78, 5) is 2.66. The van der Waals surface area contributed by atoms with Crippen molar-refractivity contribution < 1.29 is 0 Å². The molecule has 0 aromatic carbocycles. The first kappa shape index (κ1) is 17.3. The van der Waals surface area contributed by atoms with Crippen molar-refractivity contribution in [2.75, 3.05) is 31.1 Å². The highest BCUT2D eigenvalue weighted by molar-refractivity contribution is 7.99. The summed E-state index contributed by atoms with van der Waals surface area (Å²) in [5.41, 5.74) is 0. The molecule has 0 radical (unpaired) electrons. The maximum Gasteiger partial charge on any atom is -0.00158 e. The van der Waals surface area contributed by atoms with Crippen LogP contribution in [-0.2, 0) is 0 Å². The van der Waals surface area contributed by atoms with Crippen LogP contribution in [0.3, 0.4) is 0 Å². The van der Waals surface area contributed by atoms with Gasteiger partial charge in [0.15, 0.2) is 0 Å². The lowest BCUT2D eigenvalue weighted by atomic mass is 9.98. The van der Waals surface area contributed by atoms with E-state index in [1.807, 2.05) is 13.8 Å². The van der Waals surface area contributed by atoms with Crippen molar-refractivity contribution in [1.82, 2.24) is 4.90 Å². The summed E-state index contributed by atoms with van der Waals surface area (Å²) >= 11 is 2.12. The predicted molar refractivity (Wildman–Crippen MR) is 83.0 cm³/mol. The lowest BCUT2D eigenvalue weighted by molar-refractivity contribution is 0.186. The Bertz CT molecular complexity index is 151. The first-order valence-electron chi connectivity index (χ1n) is 7.52. The Morgan fingerprint density at radius 3 is 2.24 bits per heavy atom. The molecular weight excluding hydrogens is 226 g/mol. The minimum atomic E-state index is 0.860. The molecule has 0 N–H and O–H groups in total. The van der Waals surface area contributed by atoms with Crippen LogP contribution in [0.4, 0.5) is 0 Å². The zero-order valence-electron chi connectivity index (χ0n) is 12.7. The van der Waals surface area contributed by atoms with Crippen LogP contribution in [0.5, 0.6) is 0 Å². The Labute approximate surface area is 114 Å². The lowest BCUT2D eigenvalue weighted by Crippen LogP contribution is -2.35. The highest BCUT2D eigenvalue weighted by atomic mass is 32.2. The van der Waals surface area contributed by atoms with Crippen molar-refractivity contribution in [2.24, 2.45) is 11.8 Å². The van der Waals surface area contributed by atoms with Gasteiger partial charge in [0.1, 0.15) is 0 Å². The van der Waals surface area contributed by atoms with Crippen molar-refractivity contribution in [3.63, 3.8) is 0 Å². The molecule has 1 aliphatic heterocycles. The van der Waals surface area contributed by atoms with Gasteiger partial charge in [0.05, 0.1) is 0 Å². The van der Waals surface area contributed by atoms with Gasteiger partial charge >= 0.3 is 0 Å². The summed E-state index contributed by atoms with van der Waals surface area (Å²) in [5.74, 6) is 4.55. The van der Waals surface area contributed by atoms with Crippen molar-refractivity contribution in [3.05, 3.63) is 0 Å². The van der Waals surface area contributed by atoms with E-state index in [0.717, 1.165) is 11.8 Å². The fraction of sp³-hybridized carbons (Fsp3) is 1.00. The van der Waals surface area contributed by atoms with Gasteiger partial charge in [-0.3, -0.25) is 0 Å². The summed E-state index contributed by atoms with van der Waals surface area (Å²) < 4.78 is 0. The van der Waals surface area contributed by atoms with Crippen molar-refractivity contribution >= 4 is 11.8 Å². The molecule has 1 fully saturated rings. The third-order valence-corrected chi connectivity index (χ3v) is 4.40. The number of nitrogens with zero attached hydrogens (tertiary/aromatic N) is 1. The average molecular weight is 260 g/mol. The molecule has 2 heteroatoms. The summed E-state index contributed by atoms with van der Waals surface area (Å²) in [6.07, 6.45) is 4.24. The molecule has 0 atom stereocenters. The number of thioether (sulfide) groups is 1.